The van der Waals surface area contributed by atoms with Gasteiger partial charge in [-0.15, -0.1) is 0 Å². The lowest BCUT2D eigenvalue weighted by Gasteiger charge is -2.24. The van der Waals surface area contributed by atoms with Crippen molar-refractivity contribution in [1.29, 1.82) is 0 Å². The van der Waals surface area contributed by atoms with E-state index >= 15 is 0 Å². The minimum atomic E-state index is -0.164. The number of benzene rings is 6. The van der Waals surface area contributed by atoms with Crippen LogP contribution in [0.15, 0.2) is 76.3 Å². The number of rotatable bonds is 0. The predicted octanol–water partition coefficient (Wildman–Crippen LogP) is 6.35. The Labute approximate surface area is 173 Å². The molecule has 0 unspecified atom stereocenters. The fourth-order valence-corrected chi connectivity index (χ4v) is 5.21. The van der Waals surface area contributed by atoms with E-state index in [0.29, 0.717) is 0 Å². The summed E-state index contributed by atoms with van der Waals surface area (Å²) in [5, 5.41) is 9.44. The van der Waals surface area contributed by atoms with Crippen LogP contribution in [0.25, 0.3) is 53.9 Å². The molecule has 0 fully saturated rings. The molecule has 30 heavy (non-hydrogen) atoms. The molecule has 0 aliphatic heterocycles. The third-order valence-corrected chi connectivity index (χ3v) is 6.49. The van der Waals surface area contributed by atoms with Crippen LogP contribution in [0.5, 0.6) is 0 Å². The Balaban J connectivity index is 2.12. The predicted molar refractivity (Wildman–Crippen MR) is 128 cm³/mol. The first kappa shape index (κ1) is 17.3. The van der Waals surface area contributed by atoms with E-state index in [0.717, 1.165) is 59.4 Å². The van der Waals surface area contributed by atoms with E-state index < -0.39 is 0 Å². The molecule has 0 heterocycles. The van der Waals surface area contributed by atoms with Crippen molar-refractivity contribution in [2.45, 2.75) is 26.2 Å². The van der Waals surface area contributed by atoms with E-state index in [1.165, 1.54) is 0 Å². The van der Waals surface area contributed by atoms with Crippen LogP contribution in [0.1, 0.15) is 26.3 Å². The van der Waals surface area contributed by atoms with Gasteiger partial charge in [-0.05, 0) is 50.0 Å². The van der Waals surface area contributed by atoms with Gasteiger partial charge in [0.05, 0.1) is 0 Å². The second kappa shape index (κ2) is 5.54. The molecular formula is C28H20O2. The fraction of sp³-hybridized carbons (Fsp3) is 0.143. The van der Waals surface area contributed by atoms with Gasteiger partial charge < -0.3 is 0 Å². The maximum absolute atomic E-state index is 13.8. The summed E-state index contributed by atoms with van der Waals surface area (Å²) in [5.41, 5.74) is 1.02. The monoisotopic (exact) mass is 388 g/mol. The SMILES string of the molecule is CC(C)(C)c1ccc2c3cccc4c(=O)ccc(c43)c3c4ccccc4c(=O)c1c23. The van der Waals surface area contributed by atoms with Crippen molar-refractivity contribution in [2.75, 3.05) is 0 Å². The van der Waals surface area contributed by atoms with E-state index in [-0.39, 0.29) is 16.3 Å². The average molecular weight is 388 g/mol. The Bertz CT molecular complexity index is 1750. The molecule has 0 amide bonds. The summed E-state index contributed by atoms with van der Waals surface area (Å²) in [6, 6.07) is 21.6. The smallest absolute Gasteiger partial charge is 0.194 e. The Morgan fingerprint density at radius 2 is 1.10 bits per heavy atom. The van der Waals surface area contributed by atoms with Gasteiger partial charge in [0.1, 0.15) is 0 Å². The molecule has 2 heteroatoms. The molecule has 0 radical (unpaired) electrons. The van der Waals surface area contributed by atoms with Crippen molar-refractivity contribution in [3.8, 4) is 0 Å². The van der Waals surface area contributed by atoms with Crippen molar-refractivity contribution in [1.82, 2.24) is 0 Å². The van der Waals surface area contributed by atoms with Crippen molar-refractivity contribution in [2.24, 2.45) is 0 Å². The molecule has 0 N–H and O–H groups in total. The van der Waals surface area contributed by atoms with Gasteiger partial charge in [-0.1, -0.05) is 75.4 Å². The normalized spacial score (nSPS) is 12.8. The van der Waals surface area contributed by atoms with Crippen LogP contribution in [0.4, 0.5) is 0 Å². The molecule has 0 aromatic heterocycles. The molecule has 0 aliphatic rings. The zero-order chi connectivity index (χ0) is 20.8. The highest BCUT2D eigenvalue weighted by Gasteiger charge is 2.24. The molecule has 144 valence electrons. The second-order valence-electron chi connectivity index (χ2n) is 9.25. The Kier molecular flexibility index (Phi) is 3.21. The molecule has 2 nitrogen and oxygen atoms in total. The summed E-state index contributed by atoms with van der Waals surface area (Å²) in [7, 11) is 0. The maximum atomic E-state index is 13.8. The topological polar surface area (TPSA) is 34.1 Å². The fourth-order valence-electron chi connectivity index (χ4n) is 5.21. The van der Waals surface area contributed by atoms with E-state index in [4.69, 9.17) is 0 Å². The Morgan fingerprint density at radius 3 is 1.87 bits per heavy atom. The van der Waals surface area contributed by atoms with Crippen LogP contribution in [0, 0.1) is 0 Å². The maximum Gasteiger partial charge on any atom is 0.194 e. The van der Waals surface area contributed by atoms with Gasteiger partial charge in [-0.25, -0.2) is 0 Å². The van der Waals surface area contributed by atoms with Crippen LogP contribution < -0.4 is 10.9 Å². The zero-order valence-electron chi connectivity index (χ0n) is 17.2. The van der Waals surface area contributed by atoms with Gasteiger partial charge in [-0.3, -0.25) is 9.59 Å². The number of fused-ring (bicyclic) bond motifs is 4. The third-order valence-electron chi connectivity index (χ3n) is 6.49. The van der Waals surface area contributed by atoms with Gasteiger partial charge in [0.25, 0.3) is 0 Å². The standard InChI is InChI=1S/C28H20O2/c1-28(2,3)21-13-11-17-15-9-6-10-19-22(29)14-12-20(23(15)19)24-16-7-4-5-8-18(16)27(30)26(21)25(17)24/h4-14H,1-3H3. The molecule has 0 atom stereocenters. The second-order valence-corrected chi connectivity index (χ2v) is 9.25. The molecule has 0 spiro atoms. The lowest BCUT2D eigenvalue weighted by molar-refractivity contribution is 0.596. The molecule has 0 aliphatic carbocycles. The van der Waals surface area contributed by atoms with Crippen molar-refractivity contribution in [3.63, 3.8) is 0 Å². The van der Waals surface area contributed by atoms with Gasteiger partial charge in [0.2, 0.25) is 0 Å². The first-order chi connectivity index (χ1) is 14.4. The molecule has 0 saturated heterocycles. The van der Waals surface area contributed by atoms with E-state index in [2.05, 4.69) is 39.0 Å². The van der Waals surface area contributed by atoms with E-state index in [1.54, 1.807) is 6.07 Å². The summed E-state index contributed by atoms with van der Waals surface area (Å²) in [4.78, 5) is 26.4. The van der Waals surface area contributed by atoms with E-state index in [9.17, 15) is 9.59 Å². The average Bonchev–Trinajstić information content (AvgIpc) is 2.74. The molecular weight excluding hydrogens is 368 g/mol. The van der Waals surface area contributed by atoms with E-state index in [1.807, 2.05) is 42.5 Å². The highest BCUT2D eigenvalue weighted by Crippen LogP contribution is 2.43. The lowest BCUT2D eigenvalue weighted by Crippen LogP contribution is -2.16. The summed E-state index contributed by atoms with van der Waals surface area (Å²) in [5.74, 6) is 0. The number of hydrogen-bond acceptors (Lipinski definition) is 2. The van der Waals surface area contributed by atoms with Crippen molar-refractivity contribution < 1.29 is 0 Å². The van der Waals surface area contributed by atoms with Crippen molar-refractivity contribution in [3.05, 3.63) is 92.7 Å². The van der Waals surface area contributed by atoms with Gasteiger partial charge in [-0.2, -0.15) is 0 Å². The van der Waals surface area contributed by atoms with Crippen LogP contribution in [-0.4, -0.2) is 0 Å². The number of hydrogen-bond donors (Lipinski definition) is 0. The van der Waals surface area contributed by atoms with Gasteiger partial charge in [0, 0.05) is 26.9 Å². The van der Waals surface area contributed by atoms with Crippen LogP contribution in [0.2, 0.25) is 0 Å². The first-order valence-corrected chi connectivity index (χ1v) is 10.3. The zero-order valence-corrected chi connectivity index (χ0v) is 17.2. The van der Waals surface area contributed by atoms with Gasteiger partial charge in [0.15, 0.2) is 10.9 Å². The third kappa shape index (κ3) is 2.03. The molecule has 0 saturated carbocycles. The molecule has 6 aromatic carbocycles. The Morgan fingerprint density at radius 1 is 0.500 bits per heavy atom. The minimum Gasteiger partial charge on any atom is -0.289 e. The molecule has 0 bridgehead atoms. The highest BCUT2D eigenvalue weighted by molar-refractivity contribution is 6.38. The summed E-state index contributed by atoms with van der Waals surface area (Å²) in [6.07, 6.45) is 0. The van der Waals surface area contributed by atoms with Crippen LogP contribution >= 0.6 is 0 Å². The van der Waals surface area contributed by atoms with Crippen LogP contribution in [-0.2, 0) is 5.41 Å². The quantitative estimate of drug-likeness (QED) is 0.225. The molecule has 6 aromatic rings. The highest BCUT2D eigenvalue weighted by atomic mass is 16.1. The van der Waals surface area contributed by atoms with Gasteiger partial charge >= 0.3 is 0 Å². The van der Waals surface area contributed by atoms with Crippen LogP contribution in [0.3, 0.4) is 0 Å². The summed E-state index contributed by atoms with van der Waals surface area (Å²) in [6.45, 7) is 6.46. The summed E-state index contributed by atoms with van der Waals surface area (Å²) < 4.78 is 0. The Hall–Kier alpha value is -3.52. The summed E-state index contributed by atoms with van der Waals surface area (Å²) >= 11 is 0. The largest absolute Gasteiger partial charge is 0.289 e. The first-order valence-electron chi connectivity index (χ1n) is 10.3. The molecule has 6 rings (SSSR count). The van der Waals surface area contributed by atoms with Crippen molar-refractivity contribution >= 4 is 53.9 Å². The lowest BCUT2D eigenvalue weighted by atomic mass is 9.79. The minimum absolute atomic E-state index is 0.0337.